The summed E-state index contributed by atoms with van der Waals surface area (Å²) in [6.45, 7) is 0.628. The summed E-state index contributed by atoms with van der Waals surface area (Å²) in [4.78, 5) is 12.2. The van der Waals surface area contributed by atoms with Gasteiger partial charge in [0.15, 0.2) is 11.5 Å². The minimum absolute atomic E-state index is 0.172. The van der Waals surface area contributed by atoms with E-state index in [0.29, 0.717) is 34.9 Å². The molecule has 5 nitrogen and oxygen atoms in total. The quantitative estimate of drug-likeness (QED) is 0.737. The van der Waals surface area contributed by atoms with Crippen molar-refractivity contribution in [1.82, 2.24) is 0 Å². The van der Waals surface area contributed by atoms with Gasteiger partial charge in [-0.25, -0.2) is 9.18 Å². The van der Waals surface area contributed by atoms with Crippen molar-refractivity contribution in [3.05, 3.63) is 51.7 Å². The lowest BCUT2D eigenvalue weighted by Gasteiger charge is -2.21. The molecule has 0 saturated carbocycles. The van der Waals surface area contributed by atoms with E-state index in [4.69, 9.17) is 18.9 Å². The van der Waals surface area contributed by atoms with Crippen molar-refractivity contribution in [2.45, 2.75) is 6.61 Å². The normalized spacial score (nSPS) is 12.6. The van der Waals surface area contributed by atoms with Crippen molar-refractivity contribution in [2.75, 3.05) is 20.3 Å². The third-order valence-electron chi connectivity index (χ3n) is 3.44. The highest BCUT2D eigenvalue weighted by Gasteiger charge is 2.21. The molecule has 0 amide bonds. The van der Waals surface area contributed by atoms with Gasteiger partial charge in [-0.1, -0.05) is 22.0 Å². The molecule has 1 heterocycles. The summed E-state index contributed by atoms with van der Waals surface area (Å²) >= 11 is 3.18. The molecular formula is C17H14BrFO5. The minimum Gasteiger partial charge on any atom is -0.493 e. The molecule has 0 atom stereocenters. The van der Waals surface area contributed by atoms with Gasteiger partial charge < -0.3 is 18.9 Å². The fraction of sp³-hybridized carbons (Fsp3) is 0.235. The molecule has 0 radical (unpaired) electrons. The molecule has 0 unspecified atom stereocenters. The van der Waals surface area contributed by atoms with Crippen LogP contribution in [-0.4, -0.2) is 26.3 Å². The van der Waals surface area contributed by atoms with Crippen LogP contribution in [-0.2, 0) is 11.3 Å². The van der Waals surface area contributed by atoms with E-state index < -0.39 is 11.8 Å². The van der Waals surface area contributed by atoms with Crippen LogP contribution in [0.1, 0.15) is 15.9 Å². The van der Waals surface area contributed by atoms with Crippen LogP contribution in [0.3, 0.4) is 0 Å². The average Bonchev–Trinajstić information content (AvgIpc) is 2.59. The number of hydrogen-bond acceptors (Lipinski definition) is 5. The predicted octanol–water partition coefficient (Wildman–Crippen LogP) is 3.73. The molecule has 1 aliphatic heterocycles. The number of carbonyl (C=O) groups excluding carboxylic acids is 1. The fourth-order valence-corrected chi connectivity index (χ4v) is 2.59. The van der Waals surface area contributed by atoms with Gasteiger partial charge in [0, 0.05) is 10.0 Å². The van der Waals surface area contributed by atoms with Gasteiger partial charge in [0.2, 0.25) is 5.75 Å². The molecule has 0 aromatic heterocycles. The maximum absolute atomic E-state index is 13.8. The molecule has 24 heavy (non-hydrogen) atoms. The number of fused-ring (bicyclic) bond motifs is 1. The van der Waals surface area contributed by atoms with E-state index in [0.717, 1.165) is 0 Å². The van der Waals surface area contributed by atoms with Crippen LogP contribution in [0.5, 0.6) is 17.2 Å². The third-order valence-corrected chi connectivity index (χ3v) is 3.93. The summed E-state index contributed by atoms with van der Waals surface area (Å²) in [6, 6.07) is 7.58. The average molecular weight is 397 g/mol. The van der Waals surface area contributed by atoms with Gasteiger partial charge in [0.1, 0.15) is 25.6 Å². The Balaban J connectivity index is 1.77. The molecule has 0 saturated heterocycles. The molecule has 2 aromatic rings. The summed E-state index contributed by atoms with van der Waals surface area (Å²) in [5, 5.41) is 0. The number of carbonyl (C=O) groups is 1. The first kappa shape index (κ1) is 16.6. The summed E-state index contributed by atoms with van der Waals surface area (Å²) in [7, 11) is 1.47. The fourth-order valence-electron chi connectivity index (χ4n) is 2.26. The second-order valence-corrected chi connectivity index (χ2v) is 5.93. The van der Waals surface area contributed by atoms with Gasteiger partial charge in [-0.15, -0.1) is 0 Å². The Morgan fingerprint density at radius 2 is 2.04 bits per heavy atom. The second-order valence-electron chi connectivity index (χ2n) is 5.01. The second kappa shape index (κ2) is 7.09. The Morgan fingerprint density at radius 1 is 1.25 bits per heavy atom. The van der Waals surface area contributed by atoms with Crippen LogP contribution in [0.25, 0.3) is 0 Å². The van der Waals surface area contributed by atoms with Crippen molar-refractivity contribution in [2.24, 2.45) is 0 Å². The highest BCUT2D eigenvalue weighted by molar-refractivity contribution is 9.10. The van der Waals surface area contributed by atoms with Crippen molar-refractivity contribution < 1.29 is 28.1 Å². The van der Waals surface area contributed by atoms with E-state index >= 15 is 0 Å². The zero-order chi connectivity index (χ0) is 17.1. The number of hydrogen-bond donors (Lipinski definition) is 0. The van der Waals surface area contributed by atoms with Gasteiger partial charge in [-0.3, -0.25) is 0 Å². The largest absolute Gasteiger partial charge is 0.493 e. The highest BCUT2D eigenvalue weighted by atomic mass is 79.9. The topological polar surface area (TPSA) is 54.0 Å². The van der Waals surface area contributed by atoms with E-state index in [2.05, 4.69) is 15.9 Å². The molecular weight excluding hydrogens is 383 g/mol. The van der Waals surface area contributed by atoms with Gasteiger partial charge in [-0.05, 0) is 24.3 Å². The Morgan fingerprint density at radius 3 is 2.79 bits per heavy atom. The van der Waals surface area contributed by atoms with Crippen LogP contribution >= 0.6 is 15.9 Å². The van der Waals surface area contributed by atoms with E-state index in [9.17, 15) is 9.18 Å². The molecule has 0 bridgehead atoms. The number of esters is 1. The number of ether oxygens (including phenoxy) is 4. The van der Waals surface area contributed by atoms with Gasteiger partial charge in [0.25, 0.3) is 0 Å². The SMILES string of the molecule is COc1cc(C(=O)OCc2ccc(Br)cc2F)cc2c1OCCO2. The van der Waals surface area contributed by atoms with Crippen molar-refractivity contribution >= 4 is 21.9 Å². The lowest BCUT2D eigenvalue weighted by atomic mass is 10.1. The Hall–Kier alpha value is -2.28. The smallest absolute Gasteiger partial charge is 0.338 e. The zero-order valence-corrected chi connectivity index (χ0v) is 14.4. The van der Waals surface area contributed by atoms with Crippen LogP contribution in [0.4, 0.5) is 4.39 Å². The first-order valence-corrected chi connectivity index (χ1v) is 7.96. The molecule has 0 spiro atoms. The Bertz CT molecular complexity index is 761. The summed E-state index contributed by atoms with van der Waals surface area (Å²) in [6.07, 6.45) is 0. The Labute approximate surface area is 146 Å². The number of rotatable bonds is 4. The van der Waals surface area contributed by atoms with Crippen LogP contribution in [0.15, 0.2) is 34.8 Å². The molecule has 3 rings (SSSR count). The van der Waals surface area contributed by atoms with Crippen LogP contribution in [0, 0.1) is 5.82 Å². The summed E-state index contributed by atoms with van der Waals surface area (Å²) in [5.41, 5.74) is 0.532. The predicted molar refractivity (Wildman–Crippen MR) is 87.2 cm³/mol. The number of methoxy groups -OCH3 is 1. The summed E-state index contributed by atoms with van der Waals surface area (Å²) in [5.74, 6) is 0.208. The van der Waals surface area contributed by atoms with E-state index in [1.807, 2.05) is 0 Å². The lowest BCUT2D eigenvalue weighted by molar-refractivity contribution is 0.0467. The molecule has 126 valence electrons. The first-order valence-electron chi connectivity index (χ1n) is 7.17. The molecule has 2 aromatic carbocycles. The van der Waals surface area contributed by atoms with Gasteiger partial charge in [0.05, 0.1) is 12.7 Å². The van der Waals surface area contributed by atoms with Gasteiger partial charge >= 0.3 is 5.97 Å². The zero-order valence-electron chi connectivity index (χ0n) is 12.8. The van der Waals surface area contributed by atoms with Gasteiger partial charge in [-0.2, -0.15) is 0 Å². The van der Waals surface area contributed by atoms with Crippen molar-refractivity contribution in [3.63, 3.8) is 0 Å². The monoisotopic (exact) mass is 396 g/mol. The lowest BCUT2D eigenvalue weighted by Crippen LogP contribution is -2.17. The van der Waals surface area contributed by atoms with Crippen LogP contribution in [0.2, 0.25) is 0 Å². The van der Waals surface area contributed by atoms with Crippen LogP contribution < -0.4 is 14.2 Å². The number of benzene rings is 2. The van der Waals surface area contributed by atoms with E-state index in [-0.39, 0.29) is 17.7 Å². The summed E-state index contributed by atoms with van der Waals surface area (Å²) < 4.78 is 35.7. The Kier molecular flexibility index (Phi) is 4.89. The van der Waals surface area contributed by atoms with Crippen molar-refractivity contribution in [3.8, 4) is 17.2 Å². The molecule has 1 aliphatic rings. The highest BCUT2D eigenvalue weighted by Crippen LogP contribution is 2.40. The molecule has 0 aliphatic carbocycles. The first-order chi connectivity index (χ1) is 11.6. The maximum Gasteiger partial charge on any atom is 0.338 e. The molecule has 7 heteroatoms. The maximum atomic E-state index is 13.8. The van der Waals surface area contributed by atoms with E-state index in [1.54, 1.807) is 12.1 Å². The molecule has 0 fully saturated rings. The molecule has 0 N–H and O–H groups in total. The van der Waals surface area contributed by atoms with E-state index in [1.165, 1.54) is 25.3 Å². The third kappa shape index (κ3) is 3.46. The minimum atomic E-state index is -0.604. The number of halogens is 2. The van der Waals surface area contributed by atoms with Crippen molar-refractivity contribution in [1.29, 1.82) is 0 Å². The standard InChI is InChI=1S/C17H14BrFO5/c1-21-14-6-11(7-15-16(14)23-5-4-22-15)17(20)24-9-10-2-3-12(18)8-13(10)19/h2-3,6-8H,4-5,9H2,1H3.